The molecule has 2 aromatic carbocycles. The van der Waals surface area contributed by atoms with Gasteiger partial charge in [0.25, 0.3) is 5.91 Å². The fourth-order valence-corrected chi connectivity index (χ4v) is 2.21. The standard InChI is InChI=1S/C17H18BrNO2/c1-12-10-15(8-9-16(12)18)21-11-17(20)19-13(2)14-6-4-3-5-7-14/h3-10,13H,11H2,1-2H3,(H,19,20). The highest BCUT2D eigenvalue weighted by Gasteiger charge is 2.09. The van der Waals surface area contributed by atoms with Gasteiger partial charge in [0.1, 0.15) is 5.75 Å². The Hall–Kier alpha value is -1.81. The van der Waals surface area contributed by atoms with E-state index in [1.54, 1.807) is 0 Å². The number of halogens is 1. The van der Waals surface area contributed by atoms with Crippen molar-refractivity contribution in [3.8, 4) is 5.75 Å². The van der Waals surface area contributed by atoms with Crippen molar-refractivity contribution in [2.75, 3.05) is 6.61 Å². The third-order valence-corrected chi connectivity index (χ3v) is 4.07. The second-order valence-electron chi connectivity index (χ2n) is 4.90. The summed E-state index contributed by atoms with van der Waals surface area (Å²) in [7, 11) is 0. The van der Waals surface area contributed by atoms with Gasteiger partial charge in [0.05, 0.1) is 6.04 Å². The van der Waals surface area contributed by atoms with Crippen molar-refractivity contribution in [3.05, 3.63) is 64.1 Å². The molecule has 110 valence electrons. The van der Waals surface area contributed by atoms with Gasteiger partial charge in [-0.25, -0.2) is 0 Å². The number of aryl methyl sites for hydroxylation is 1. The van der Waals surface area contributed by atoms with Crippen LogP contribution in [0.3, 0.4) is 0 Å². The summed E-state index contributed by atoms with van der Waals surface area (Å²) in [6, 6.07) is 15.5. The zero-order valence-electron chi connectivity index (χ0n) is 12.1. The van der Waals surface area contributed by atoms with Gasteiger partial charge in [-0.05, 0) is 43.2 Å². The SMILES string of the molecule is Cc1cc(OCC(=O)NC(C)c2ccccc2)ccc1Br. The van der Waals surface area contributed by atoms with E-state index in [1.807, 2.05) is 62.4 Å². The van der Waals surface area contributed by atoms with Crippen LogP contribution in [0.1, 0.15) is 24.1 Å². The summed E-state index contributed by atoms with van der Waals surface area (Å²) in [4.78, 5) is 11.9. The zero-order valence-corrected chi connectivity index (χ0v) is 13.7. The Balaban J connectivity index is 1.86. The minimum atomic E-state index is -0.132. The van der Waals surface area contributed by atoms with Gasteiger partial charge in [-0.1, -0.05) is 46.3 Å². The van der Waals surface area contributed by atoms with E-state index in [4.69, 9.17) is 4.74 Å². The average Bonchev–Trinajstić information content (AvgIpc) is 2.49. The van der Waals surface area contributed by atoms with Crippen LogP contribution in [-0.2, 0) is 4.79 Å². The lowest BCUT2D eigenvalue weighted by molar-refractivity contribution is -0.123. The lowest BCUT2D eigenvalue weighted by Gasteiger charge is -2.14. The van der Waals surface area contributed by atoms with Crippen LogP contribution >= 0.6 is 15.9 Å². The van der Waals surface area contributed by atoms with Gasteiger partial charge in [-0.15, -0.1) is 0 Å². The molecule has 0 saturated carbocycles. The largest absolute Gasteiger partial charge is 0.484 e. The third kappa shape index (κ3) is 4.60. The van der Waals surface area contributed by atoms with Gasteiger partial charge in [-0.2, -0.15) is 0 Å². The first-order valence-corrected chi connectivity index (χ1v) is 7.59. The maximum atomic E-state index is 11.9. The number of nitrogens with one attached hydrogen (secondary N) is 1. The van der Waals surface area contributed by atoms with Crippen LogP contribution in [0.2, 0.25) is 0 Å². The van der Waals surface area contributed by atoms with E-state index in [9.17, 15) is 4.79 Å². The van der Waals surface area contributed by atoms with Crippen molar-refractivity contribution >= 4 is 21.8 Å². The maximum absolute atomic E-state index is 11.9. The molecule has 3 nitrogen and oxygen atoms in total. The molecular formula is C17H18BrNO2. The Morgan fingerprint density at radius 2 is 1.95 bits per heavy atom. The van der Waals surface area contributed by atoms with Crippen molar-refractivity contribution in [2.24, 2.45) is 0 Å². The highest BCUT2D eigenvalue weighted by molar-refractivity contribution is 9.10. The minimum Gasteiger partial charge on any atom is -0.484 e. The first-order chi connectivity index (χ1) is 10.1. The van der Waals surface area contributed by atoms with E-state index in [0.29, 0.717) is 5.75 Å². The summed E-state index contributed by atoms with van der Waals surface area (Å²) in [6.45, 7) is 3.95. The predicted molar refractivity (Wildman–Crippen MR) is 87.4 cm³/mol. The molecule has 0 aliphatic heterocycles. The van der Waals surface area contributed by atoms with Gasteiger partial charge >= 0.3 is 0 Å². The van der Waals surface area contributed by atoms with Crippen molar-refractivity contribution in [3.63, 3.8) is 0 Å². The maximum Gasteiger partial charge on any atom is 0.258 e. The molecule has 1 amide bonds. The normalized spacial score (nSPS) is 11.8. The van der Waals surface area contributed by atoms with Gasteiger partial charge in [0.2, 0.25) is 0 Å². The number of benzene rings is 2. The summed E-state index contributed by atoms with van der Waals surface area (Å²) < 4.78 is 6.53. The third-order valence-electron chi connectivity index (χ3n) is 3.18. The monoisotopic (exact) mass is 347 g/mol. The molecule has 2 rings (SSSR count). The first kappa shape index (κ1) is 15.6. The van der Waals surface area contributed by atoms with Crippen molar-refractivity contribution in [1.29, 1.82) is 0 Å². The summed E-state index contributed by atoms with van der Waals surface area (Å²) in [6.07, 6.45) is 0. The fourth-order valence-electron chi connectivity index (χ4n) is 1.96. The lowest BCUT2D eigenvalue weighted by Crippen LogP contribution is -2.31. The summed E-state index contributed by atoms with van der Waals surface area (Å²) in [5, 5.41) is 2.92. The van der Waals surface area contributed by atoms with Crippen LogP contribution in [0.25, 0.3) is 0 Å². The molecule has 1 unspecified atom stereocenters. The Labute approximate surface area is 133 Å². The van der Waals surface area contributed by atoms with Crippen molar-refractivity contribution < 1.29 is 9.53 Å². The second-order valence-corrected chi connectivity index (χ2v) is 5.75. The summed E-state index contributed by atoms with van der Waals surface area (Å²) in [5.41, 5.74) is 2.15. The summed E-state index contributed by atoms with van der Waals surface area (Å²) >= 11 is 3.43. The molecule has 1 N–H and O–H groups in total. The minimum absolute atomic E-state index is 0.0121. The van der Waals surface area contributed by atoms with Gasteiger partial charge in [0, 0.05) is 4.47 Å². The van der Waals surface area contributed by atoms with E-state index in [2.05, 4.69) is 21.2 Å². The molecule has 0 spiro atoms. The van der Waals surface area contributed by atoms with Crippen LogP contribution in [0.5, 0.6) is 5.75 Å². The molecule has 0 fully saturated rings. The number of carbonyl (C=O) groups is 1. The number of carbonyl (C=O) groups excluding carboxylic acids is 1. The van der Waals surface area contributed by atoms with Crippen LogP contribution in [0.4, 0.5) is 0 Å². The predicted octanol–water partition coefficient (Wildman–Crippen LogP) is 4.01. The summed E-state index contributed by atoms with van der Waals surface area (Å²) in [5.74, 6) is 0.560. The molecule has 1 atom stereocenters. The average molecular weight is 348 g/mol. The number of hydrogen-bond donors (Lipinski definition) is 1. The number of amides is 1. The molecule has 2 aromatic rings. The fraction of sp³-hybridized carbons (Fsp3) is 0.235. The second kappa shape index (κ2) is 7.27. The smallest absolute Gasteiger partial charge is 0.258 e. The molecular weight excluding hydrogens is 330 g/mol. The quantitative estimate of drug-likeness (QED) is 0.887. The van der Waals surface area contributed by atoms with Gasteiger partial charge in [0.15, 0.2) is 6.61 Å². The number of rotatable bonds is 5. The Bertz CT molecular complexity index is 613. The van der Waals surface area contributed by atoms with E-state index in [1.165, 1.54) is 0 Å². The Morgan fingerprint density at radius 1 is 1.24 bits per heavy atom. The zero-order chi connectivity index (χ0) is 15.2. The van der Waals surface area contributed by atoms with Crippen LogP contribution in [0.15, 0.2) is 53.0 Å². The van der Waals surface area contributed by atoms with Crippen molar-refractivity contribution in [2.45, 2.75) is 19.9 Å². The molecule has 0 aliphatic rings. The number of ether oxygens (including phenoxy) is 1. The first-order valence-electron chi connectivity index (χ1n) is 6.79. The molecule has 4 heteroatoms. The van der Waals surface area contributed by atoms with Crippen LogP contribution in [-0.4, -0.2) is 12.5 Å². The molecule has 21 heavy (non-hydrogen) atoms. The lowest BCUT2D eigenvalue weighted by atomic mass is 10.1. The molecule has 0 aliphatic carbocycles. The highest BCUT2D eigenvalue weighted by Crippen LogP contribution is 2.21. The van der Waals surface area contributed by atoms with Crippen molar-refractivity contribution in [1.82, 2.24) is 5.32 Å². The van der Waals surface area contributed by atoms with Gasteiger partial charge < -0.3 is 10.1 Å². The molecule has 0 aromatic heterocycles. The highest BCUT2D eigenvalue weighted by atomic mass is 79.9. The molecule has 0 bridgehead atoms. The van der Waals surface area contributed by atoms with E-state index in [0.717, 1.165) is 15.6 Å². The number of hydrogen-bond acceptors (Lipinski definition) is 2. The molecule has 0 heterocycles. The van der Waals surface area contributed by atoms with E-state index in [-0.39, 0.29) is 18.6 Å². The van der Waals surface area contributed by atoms with Crippen LogP contribution < -0.4 is 10.1 Å². The Kier molecular flexibility index (Phi) is 5.39. The molecule has 0 saturated heterocycles. The van der Waals surface area contributed by atoms with E-state index >= 15 is 0 Å². The molecule has 0 radical (unpaired) electrons. The Morgan fingerprint density at radius 3 is 2.62 bits per heavy atom. The van der Waals surface area contributed by atoms with Crippen LogP contribution in [0, 0.1) is 6.92 Å². The topological polar surface area (TPSA) is 38.3 Å². The van der Waals surface area contributed by atoms with E-state index < -0.39 is 0 Å². The van der Waals surface area contributed by atoms with Gasteiger partial charge in [-0.3, -0.25) is 4.79 Å².